The molecule has 3 rings (SSSR count). The quantitative estimate of drug-likeness (QED) is 0.629. The van der Waals surface area contributed by atoms with Crippen LogP contribution in [-0.4, -0.2) is 26.5 Å². The number of carbonyl (C=O) groups is 1. The molecule has 0 saturated heterocycles. The van der Waals surface area contributed by atoms with E-state index < -0.39 is 34.4 Å². The Labute approximate surface area is 175 Å². The first-order chi connectivity index (χ1) is 13.9. The van der Waals surface area contributed by atoms with Crippen LogP contribution in [0.1, 0.15) is 42.4 Å². The highest BCUT2D eigenvalue weighted by Crippen LogP contribution is 2.34. The van der Waals surface area contributed by atoms with Gasteiger partial charge in [0.2, 0.25) is 0 Å². The van der Waals surface area contributed by atoms with Gasteiger partial charge in [-0.1, -0.05) is 37.6 Å². The maximum atomic E-state index is 13.8. The summed E-state index contributed by atoms with van der Waals surface area (Å²) in [6, 6.07) is 4.59. The zero-order valence-corrected chi connectivity index (χ0v) is 17.4. The van der Waals surface area contributed by atoms with Gasteiger partial charge in [0, 0.05) is 16.6 Å². The summed E-state index contributed by atoms with van der Waals surface area (Å²) in [7, 11) is 0. The fourth-order valence-electron chi connectivity index (χ4n) is 2.86. The van der Waals surface area contributed by atoms with Gasteiger partial charge in [-0.15, -0.1) is 0 Å². The fraction of sp³-hybridized carbons (Fsp3) is 0.350. The van der Waals surface area contributed by atoms with Gasteiger partial charge in [-0.2, -0.15) is 18.3 Å². The Kier molecular flexibility index (Phi) is 5.68. The number of hydrogen-bond acceptors (Lipinski definition) is 3. The molecule has 2 aromatic heterocycles. The highest BCUT2D eigenvalue weighted by Gasteiger charge is 2.41. The Bertz CT molecular complexity index is 1180. The van der Waals surface area contributed by atoms with Crippen molar-refractivity contribution < 1.29 is 18.0 Å². The van der Waals surface area contributed by atoms with Gasteiger partial charge >= 0.3 is 6.18 Å². The van der Waals surface area contributed by atoms with Crippen LogP contribution in [0.15, 0.2) is 29.2 Å². The van der Waals surface area contributed by atoms with E-state index in [9.17, 15) is 22.8 Å². The van der Waals surface area contributed by atoms with Crippen LogP contribution in [0.2, 0.25) is 5.02 Å². The number of amides is 1. The Hall–Kier alpha value is -2.81. The van der Waals surface area contributed by atoms with E-state index in [2.05, 4.69) is 15.4 Å². The lowest BCUT2D eigenvalue weighted by molar-refractivity contribution is -0.136. The molecule has 0 unspecified atom stereocenters. The Morgan fingerprint density at radius 3 is 2.50 bits per heavy atom. The van der Waals surface area contributed by atoms with Crippen LogP contribution in [-0.2, 0) is 6.18 Å². The molecule has 0 saturated carbocycles. The molecule has 2 N–H and O–H groups in total. The van der Waals surface area contributed by atoms with Crippen LogP contribution in [0, 0.1) is 12.8 Å². The van der Waals surface area contributed by atoms with Crippen molar-refractivity contribution in [3.05, 3.63) is 56.6 Å². The summed E-state index contributed by atoms with van der Waals surface area (Å²) in [6.45, 7) is 7.12. The molecule has 1 aromatic carbocycles. The third-order valence-corrected chi connectivity index (χ3v) is 5.37. The molecule has 6 nitrogen and oxygen atoms in total. The third-order valence-electron chi connectivity index (χ3n) is 4.97. The summed E-state index contributed by atoms with van der Waals surface area (Å²) in [5.74, 6) is -0.992. The van der Waals surface area contributed by atoms with Crippen LogP contribution < -0.4 is 10.9 Å². The number of nitrogens with zero attached hydrogens (tertiary/aromatic N) is 2. The number of halogens is 4. The summed E-state index contributed by atoms with van der Waals surface area (Å²) in [6.07, 6.45) is -3.72. The van der Waals surface area contributed by atoms with E-state index in [1.807, 2.05) is 13.8 Å². The molecular formula is C20H20ClF3N4O2. The highest BCUT2D eigenvalue weighted by atomic mass is 35.5. The van der Waals surface area contributed by atoms with E-state index in [1.165, 1.54) is 6.20 Å². The summed E-state index contributed by atoms with van der Waals surface area (Å²) in [5.41, 5.74) is -2.46. The highest BCUT2D eigenvalue weighted by molar-refractivity contribution is 6.31. The van der Waals surface area contributed by atoms with Crippen molar-refractivity contribution in [3.8, 4) is 11.3 Å². The van der Waals surface area contributed by atoms with Crippen LogP contribution in [0.3, 0.4) is 0 Å². The summed E-state index contributed by atoms with van der Waals surface area (Å²) in [5, 5.41) is 6.75. The first-order valence-corrected chi connectivity index (χ1v) is 9.58. The number of hydrogen-bond donors (Lipinski definition) is 2. The molecule has 2 heterocycles. The zero-order chi connectivity index (χ0) is 22.4. The topological polar surface area (TPSA) is 79.3 Å². The third kappa shape index (κ3) is 4.07. The molecule has 0 spiro atoms. The second-order valence-electron chi connectivity index (χ2n) is 7.48. The minimum Gasteiger partial charge on any atom is -0.348 e. The monoisotopic (exact) mass is 440 g/mol. The fourth-order valence-corrected chi connectivity index (χ4v) is 3.04. The molecule has 0 aliphatic carbocycles. The molecule has 10 heteroatoms. The van der Waals surface area contributed by atoms with Gasteiger partial charge in [0.15, 0.2) is 5.69 Å². The van der Waals surface area contributed by atoms with E-state index in [0.29, 0.717) is 10.6 Å². The van der Waals surface area contributed by atoms with Crippen molar-refractivity contribution in [2.75, 3.05) is 0 Å². The number of alkyl halides is 3. The number of aromatic amines is 1. The number of carbonyl (C=O) groups excluding carboxylic acids is 1. The average Bonchev–Trinajstić information content (AvgIpc) is 3.04. The lowest BCUT2D eigenvalue weighted by Gasteiger charge is -2.17. The smallest absolute Gasteiger partial charge is 0.348 e. The normalized spacial score (nSPS) is 13.1. The summed E-state index contributed by atoms with van der Waals surface area (Å²) in [4.78, 5) is 27.5. The number of H-pyrrole nitrogens is 1. The number of aryl methyl sites for hydroxylation is 1. The van der Waals surface area contributed by atoms with Crippen molar-refractivity contribution in [3.63, 3.8) is 0 Å². The molecule has 0 radical (unpaired) electrons. The molecule has 1 atom stereocenters. The van der Waals surface area contributed by atoms with Crippen molar-refractivity contribution in [1.29, 1.82) is 0 Å². The number of benzene rings is 1. The van der Waals surface area contributed by atoms with E-state index in [0.717, 1.165) is 10.1 Å². The number of aromatic nitrogens is 3. The minimum atomic E-state index is -4.95. The van der Waals surface area contributed by atoms with Crippen molar-refractivity contribution in [1.82, 2.24) is 19.9 Å². The maximum Gasteiger partial charge on any atom is 0.421 e. The van der Waals surface area contributed by atoms with E-state index in [-0.39, 0.29) is 17.7 Å². The number of nitrogens with one attached hydrogen (secondary N) is 2. The Balaban J connectivity index is 2.21. The van der Waals surface area contributed by atoms with Crippen LogP contribution in [0.25, 0.3) is 16.8 Å². The molecular weight excluding hydrogens is 421 g/mol. The molecule has 0 fully saturated rings. The van der Waals surface area contributed by atoms with Gasteiger partial charge in [0.05, 0.1) is 11.9 Å². The second-order valence-corrected chi connectivity index (χ2v) is 7.89. The Morgan fingerprint density at radius 2 is 1.93 bits per heavy atom. The van der Waals surface area contributed by atoms with E-state index >= 15 is 0 Å². The SMILES string of the molecule is Cc1ccc(-c2cn3nc(C(=O)N[C@H](C)C(C)C)c(C(F)(F)F)c3c(=O)[nH]2)cc1Cl. The van der Waals surface area contributed by atoms with Crippen LogP contribution in [0.5, 0.6) is 0 Å². The molecule has 160 valence electrons. The average molecular weight is 441 g/mol. The molecule has 0 aliphatic heterocycles. The van der Waals surface area contributed by atoms with Gasteiger partial charge in [-0.3, -0.25) is 9.59 Å². The van der Waals surface area contributed by atoms with Gasteiger partial charge < -0.3 is 10.3 Å². The van der Waals surface area contributed by atoms with E-state index in [4.69, 9.17) is 11.6 Å². The zero-order valence-electron chi connectivity index (χ0n) is 16.7. The second kappa shape index (κ2) is 7.79. The van der Waals surface area contributed by atoms with Gasteiger partial charge in [0.1, 0.15) is 11.1 Å². The van der Waals surface area contributed by atoms with Crippen molar-refractivity contribution >= 4 is 23.0 Å². The largest absolute Gasteiger partial charge is 0.421 e. The molecule has 0 bridgehead atoms. The molecule has 0 aliphatic rings. The predicted molar refractivity (Wildman–Crippen MR) is 108 cm³/mol. The van der Waals surface area contributed by atoms with Crippen molar-refractivity contribution in [2.45, 2.75) is 39.9 Å². The Morgan fingerprint density at radius 1 is 1.27 bits per heavy atom. The first kappa shape index (κ1) is 21.9. The molecule has 3 aromatic rings. The number of rotatable bonds is 4. The van der Waals surface area contributed by atoms with Crippen molar-refractivity contribution in [2.24, 2.45) is 5.92 Å². The lowest BCUT2D eigenvalue weighted by atomic mass is 10.1. The summed E-state index contributed by atoms with van der Waals surface area (Å²) < 4.78 is 42.1. The first-order valence-electron chi connectivity index (χ1n) is 9.20. The van der Waals surface area contributed by atoms with Gasteiger partial charge in [-0.05, 0) is 31.4 Å². The molecule has 1 amide bonds. The van der Waals surface area contributed by atoms with Gasteiger partial charge in [-0.25, -0.2) is 4.52 Å². The summed E-state index contributed by atoms with van der Waals surface area (Å²) >= 11 is 6.11. The number of fused-ring (bicyclic) bond motifs is 1. The van der Waals surface area contributed by atoms with Gasteiger partial charge in [0.25, 0.3) is 11.5 Å². The van der Waals surface area contributed by atoms with Crippen LogP contribution >= 0.6 is 11.6 Å². The maximum absolute atomic E-state index is 13.8. The van der Waals surface area contributed by atoms with Crippen LogP contribution in [0.4, 0.5) is 13.2 Å². The lowest BCUT2D eigenvalue weighted by Crippen LogP contribution is -2.37. The molecule has 30 heavy (non-hydrogen) atoms. The standard InChI is InChI=1S/C20H20ClF3N4O2/c1-9(2)11(4)25-18(29)16-15(20(22,23)24)17-19(30)26-14(8-28(17)27-16)12-6-5-10(3)13(21)7-12/h5-9,11H,1-4H3,(H,25,29)(H,26,30)/t11-/m1/s1. The minimum absolute atomic E-state index is 0.00149. The predicted octanol–water partition coefficient (Wildman–Crippen LogP) is 4.44. The van der Waals surface area contributed by atoms with E-state index in [1.54, 1.807) is 32.0 Å².